The van der Waals surface area contributed by atoms with E-state index >= 15 is 0 Å². The number of carbonyl (C=O) groups excluding carboxylic acids is 3. The Hall–Kier alpha value is -3.37. The number of amides is 1. The van der Waals surface area contributed by atoms with Crippen LogP contribution in [0, 0.1) is 20.8 Å². The van der Waals surface area contributed by atoms with Crippen molar-refractivity contribution in [2.24, 2.45) is 0 Å². The Morgan fingerprint density at radius 1 is 1.22 bits per heavy atom. The van der Waals surface area contributed by atoms with Crippen LogP contribution in [0.2, 0.25) is 0 Å². The number of quaternary nitrogens is 1. The van der Waals surface area contributed by atoms with E-state index in [1.54, 1.807) is 39.8 Å². The standard InChI is InChI=1S/C26H33N3O7/c1-5-35-26(33)21-16(3)19(17(4)27-21)23(30)20-22(18-8-7-15(2)36-18)29(25(32)24(20)31)10-6-9-28-11-13-34-14-12-28/h7-8,22,27,30H,5-6,9-14H2,1-4H3. The Morgan fingerprint density at radius 3 is 2.58 bits per heavy atom. The normalized spacial score (nSPS) is 20.3. The van der Waals surface area contributed by atoms with Gasteiger partial charge in [-0.05, 0) is 51.0 Å². The molecule has 2 aliphatic rings. The number of aromatic amines is 1. The molecule has 1 unspecified atom stereocenters. The van der Waals surface area contributed by atoms with Crippen LogP contribution in [0.15, 0.2) is 22.1 Å². The van der Waals surface area contributed by atoms with Gasteiger partial charge in [-0.3, -0.25) is 9.59 Å². The summed E-state index contributed by atoms with van der Waals surface area (Å²) in [4.78, 5) is 44.5. The van der Waals surface area contributed by atoms with Crippen molar-refractivity contribution in [3.8, 4) is 0 Å². The van der Waals surface area contributed by atoms with E-state index in [2.05, 4.69) is 4.98 Å². The Balaban J connectivity index is 1.71. The highest BCUT2D eigenvalue weighted by Gasteiger charge is 2.46. The largest absolute Gasteiger partial charge is 0.872 e. The Bertz CT molecular complexity index is 1190. The van der Waals surface area contributed by atoms with E-state index in [4.69, 9.17) is 13.9 Å². The molecule has 2 saturated heterocycles. The number of nitrogens with one attached hydrogen (secondary N) is 2. The Morgan fingerprint density at radius 2 is 1.94 bits per heavy atom. The maximum absolute atomic E-state index is 13.8. The molecule has 2 aromatic heterocycles. The number of aryl methyl sites for hydroxylation is 2. The number of H-pyrrole nitrogens is 1. The molecule has 1 atom stereocenters. The van der Waals surface area contributed by atoms with Crippen LogP contribution >= 0.6 is 0 Å². The quantitative estimate of drug-likeness (QED) is 0.230. The lowest BCUT2D eigenvalue weighted by molar-refractivity contribution is -0.908. The maximum atomic E-state index is 13.8. The Labute approximate surface area is 209 Å². The highest BCUT2D eigenvalue weighted by molar-refractivity contribution is 6.46. The van der Waals surface area contributed by atoms with Crippen molar-refractivity contribution < 1.29 is 38.3 Å². The van der Waals surface area contributed by atoms with Crippen molar-refractivity contribution in [2.75, 3.05) is 46.0 Å². The predicted octanol–water partition coefficient (Wildman–Crippen LogP) is 0.239. The summed E-state index contributed by atoms with van der Waals surface area (Å²) in [5.74, 6) is -1.75. The smallest absolute Gasteiger partial charge is 0.355 e. The topological polar surface area (TPSA) is 129 Å². The molecule has 10 nitrogen and oxygen atoms in total. The van der Waals surface area contributed by atoms with Crippen molar-refractivity contribution in [1.29, 1.82) is 0 Å². The molecule has 4 heterocycles. The van der Waals surface area contributed by atoms with Crippen molar-refractivity contribution in [3.63, 3.8) is 0 Å². The van der Waals surface area contributed by atoms with Crippen LogP contribution < -0.4 is 10.0 Å². The van der Waals surface area contributed by atoms with Gasteiger partial charge in [0.15, 0.2) is 0 Å². The first-order valence-electron chi connectivity index (χ1n) is 12.3. The molecule has 0 radical (unpaired) electrons. The molecule has 194 valence electrons. The molecule has 0 aliphatic carbocycles. The van der Waals surface area contributed by atoms with Gasteiger partial charge in [0.05, 0.1) is 26.4 Å². The van der Waals surface area contributed by atoms with Gasteiger partial charge in [0.1, 0.15) is 36.3 Å². The molecule has 36 heavy (non-hydrogen) atoms. The number of rotatable bonds is 8. The van der Waals surface area contributed by atoms with Gasteiger partial charge in [0.2, 0.25) is 5.78 Å². The summed E-state index contributed by atoms with van der Waals surface area (Å²) >= 11 is 0. The molecule has 4 rings (SSSR count). The van der Waals surface area contributed by atoms with Crippen molar-refractivity contribution >= 4 is 23.4 Å². The second-order valence-electron chi connectivity index (χ2n) is 9.23. The van der Waals surface area contributed by atoms with Crippen LogP contribution in [0.25, 0.3) is 5.76 Å². The second-order valence-corrected chi connectivity index (χ2v) is 9.23. The van der Waals surface area contributed by atoms with Crippen LogP contribution in [0.1, 0.15) is 58.2 Å². The molecule has 2 N–H and O–H groups in total. The Kier molecular flexibility index (Phi) is 7.65. The van der Waals surface area contributed by atoms with E-state index in [1.165, 1.54) is 9.80 Å². The fraction of sp³-hybridized carbons (Fsp3) is 0.500. The molecule has 10 heteroatoms. The van der Waals surface area contributed by atoms with Gasteiger partial charge in [-0.15, -0.1) is 0 Å². The lowest BCUT2D eigenvalue weighted by Crippen LogP contribution is -3.14. The van der Waals surface area contributed by atoms with Gasteiger partial charge < -0.3 is 33.8 Å². The highest BCUT2D eigenvalue weighted by Crippen LogP contribution is 2.40. The summed E-state index contributed by atoms with van der Waals surface area (Å²) in [5.41, 5.74) is 1.01. The lowest BCUT2D eigenvalue weighted by atomic mass is 9.97. The number of esters is 1. The van der Waals surface area contributed by atoms with Gasteiger partial charge in [0.25, 0.3) is 5.91 Å². The third kappa shape index (κ3) is 4.83. The summed E-state index contributed by atoms with van der Waals surface area (Å²) < 4.78 is 16.3. The van der Waals surface area contributed by atoms with Crippen LogP contribution in [0.4, 0.5) is 0 Å². The van der Waals surface area contributed by atoms with Crippen LogP contribution in [-0.4, -0.2) is 73.5 Å². The first-order chi connectivity index (χ1) is 17.2. The van der Waals surface area contributed by atoms with E-state index in [-0.39, 0.29) is 23.4 Å². The van der Waals surface area contributed by atoms with Gasteiger partial charge in [0, 0.05) is 24.2 Å². The number of ketones is 1. The average Bonchev–Trinajstić information content (AvgIpc) is 3.49. The summed E-state index contributed by atoms with van der Waals surface area (Å²) in [7, 11) is 0. The zero-order valence-electron chi connectivity index (χ0n) is 21.2. The number of ether oxygens (including phenoxy) is 2. The maximum Gasteiger partial charge on any atom is 0.355 e. The monoisotopic (exact) mass is 499 g/mol. The first-order valence-corrected chi connectivity index (χ1v) is 12.3. The number of hydrogen-bond donors (Lipinski definition) is 2. The molecule has 0 aromatic carbocycles. The summed E-state index contributed by atoms with van der Waals surface area (Å²) in [6.45, 7) is 11.3. The van der Waals surface area contributed by atoms with Gasteiger partial charge in [-0.25, -0.2) is 4.79 Å². The number of morpholine rings is 1. The van der Waals surface area contributed by atoms with Crippen molar-refractivity contribution in [1.82, 2.24) is 9.88 Å². The highest BCUT2D eigenvalue weighted by atomic mass is 16.5. The zero-order chi connectivity index (χ0) is 26.0. The molecule has 0 saturated carbocycles. The van der Waals surface area contributed by atoms with E-state index in [9.17, 15) is 19.5 Å². The fourth-order valence-electron chi connectivity index (χ4n) is 5.04. The molecule has 2 aromatic rings. The first kappa shape index (κ1) is 25.7. The van der Waals surface area contributed by atoms with E-state index in [0.29, 0.717) is 49.0 Å². The number of carbonyl (C=O) groups is 3. The lowest BCUT2D eigenvalue weighted by Gasteiger charge is -2.27. The molecule has 2 fully saturated rings. The van der Waals surface area contributed by atoms with E-state index in [1.807, 2.05) is 0 Å². The van der Waals surface area contributed by atoms with Gasteiger partial charge in [-0.2, -0.15) is 0 Å². The minimum absolute atomic E-state index is 0.158. The number of hydrogen-bond acceptors (Lipinski definition) is 7. The van der Waals surface area contributed by atoms with E-state index in [0.717, 1.165) is 19.6 Å². The average molecular weight is 500 g/mol. The second kappa shape index (κ2) is 10.7. The van der Waals surface area contributed by atoms with Gasteiger partial charge in [-0.1, -0.05) is 5.76 Å². The number of aromatic nitrogens is 1. The van der Waals surface area contributed by atoms with Crippen molar-refractivity contribution in [2.45, 2.75) is 40.2 Å². The van der Waals surface area contributed by atoms with Crippen molar-refractivity contribution in [3.05, 3.63) is 51.7 Å². The number of Topliss-reactive ketones (excluding diaryl/α,β-unsaturated/α-hetero) is 1. The summed E-state index contributed by atoms with van der Waals surface area (Å²) in [5, 5.41) is 13.8. The zero-order valence-corrected chi connectivity index (χ0v) is 21.2. The molecular formula is C26H33N3O7. The van der Waals surface area contributed by atoms with Crippen LogP contribution in [0.3, 0.4) is 0 Å². The fourth-order valence-corrected chi connectivity index (χ4v) is 5.04. The number of furan rings is 1. The number of likely N-dealkylation sites (tertiary alicyclic amines) is 1. The van der Waals surface area contributed by atoms with Crippen LogP contribution in [-0.2, 0) is 19.1 Å². The summed E-state index contributed by atoms with van der Waals surface area (Å²) in [6, 6.07) is 2.51. The third-order valence-electron chi connectivity index (χ3n) is 6.83. The molecule has 2 aliphatic heterocycles. The molecule has 1 amide bonds. The minimum atomic E-state index is -0.925. The van der Waals surface area contributed by atoms with Crippen LogP contribution in [0.5, 0.6) is 0 Å². The van der Waals surface area contributed by atoms with E-state index < -0.39 is 29.5 Å². The molecular weight excluding hydrogens is 466 g/mol. The SMILES string of the molecule is CCOC(=O)c1[nH]c(C)c(C([O-])=C2C(=O)C(=O)N(CCC[NH+]3CCOCC3)C2c2ccc(C)o2)c1C. The number of nitrogens with zero attached hydrogens (tertiary/aromatic N) is 1. The summed E-state index contributed by atoms with van der Waals surface area (Å²) in [6.07, 6.45) is 0.668. The molecule has 0 bridgehead atoms. The minimum Gasteiger partial charge on any atom is -0.872 e. The third-order valence-corrected chi connectivity index (χ3v) is 6.83. The van der Waals surface area contributed by atoms with Gasteiger partial charge >= 0.3 is 5.97 Å². The molecule has 0 spiro atoms. The predicted molar refractivity (Wildman–Crippen MR) is 127 cm³/mol.